The highest BCUT2D eigenvalue weighted by atomic mass is 127. The second-order valence-electron chi connectivity index (χ2n) is 2.96. The van der Waals surface area contributed by atoms with E-state index in [2.05, 4.69) is 53.4 Å². The molecular weight excluding hydrogens is 271 g/mol. The van der Waals surface area contributed by atoms with Crippen molar-refractivity contribution in [3.63, 3.8) is 0 Å². The Morgan fingerprint density at radius 1 is 1.08 bits per heavy atom. The fraction of sp³-hybridized carbons (Fsp3) is 0.0833. The first-order valence-electron chi connectivity index (χ1n) is 4.27. The minimum Gasteiger partial charge on any atom is -0.0847 e. The first-order chi connectivity index (χ1) is 6.38. The summed E-state index contributed by atoms with van der Waals surface area (Å²) in [7, 11) is 0. The van der Waals surface area contributed by atoms with Gasteiger partial charge in [0.15, 0.2) is 0 Å². The van der Waals surface area contributed by atoms with Crippen LogP contribution in [0.1, 0.15) is 12.5 Å². The van der Waals surface area contributed by atoms with E-state index in [1.165, 1.54) is 11.1 Å². The van der Waals surface area contributed by atoms with E-state index in [0.29, 0.717) is 0 Å². The van der Waals surface area contributed by atoms with Crippen LogP contribution in [0.5, 0.6) is 0 Å². The van der Waals surface area contributed by atoms with Gasteiger partial charge < -0.3 is 0 Å². The maximum absolute atomic E-state index is 2.31. The largest absolute Gasteiger partial charge is 0.0847 e. The Balaban J connectivity index is 2.48. The first kappa shape index (κ1) is 8.88. The van der Waals surface area contributed by atoms with Crippen molar-refractivity contribution in [1.82, 2.24) is 0 Å². The van der Waals surface area contributed by atoms with E-state index in [1.807, 2.05) is 0 Å². The average molecular weight is 282 g/mol. The second kappa shape index (κ2) is 4.01. The molecule has 1 heterocycles. The molecule has 66 valence electrons. The highest BCUT2D eigenvalue weighted by Crippen LogP contribution is 2.32. The molecule has 1 aromatic rings. The van der Waals surface area contributed by atoms with Gasteiger partial charge >= 0.3 is 0 Å². The van der Waals surface area contributed by atoms with Crippen LogP contribution in [0.2, 0.25) is 0 Å². The van der Waals surface area contributed by atoms with Gasteiger partial charge in [0.05, 0.1) is 0 Å². The SMILES string of the molecule is CC1=C(c2ccccc2)I=CC=C1. The fourth-order valence-corrected chi connectivity index (χ4v) is 3.48. The highest BCUT2D eigenvalue weighted by molar-refractivity contribution is 14.2. The molecule has 0 N–H and O–H groups in total. The van der Waals surface area contributed by atoms with Gasteiger partial charge in [-0.2, -0.15) is 0 Å². The molecule has 13 heavy (non-hydrogen) atoms. The zero-order chi connectivity index (χ0) is 9.10. The van der Waals surface area contributed by atoms with Crippen molar-refractivity contribution in [2.75, 3.05) is 0 Å². The molecule has 0 fully saturated rings. The Labute approximate surface area is 88.7 Å². The second-order valence-corrected chi connectivity index (χ2v) is 5.38. The molecule has 0 saturated carbocycles. The molecule has 0 aliphatic carbocycles. The molecule has 0 amide bonds. The molecule has 0 aromatic heterocycles. The van der Waals surface area contributed by atoms with Crippen molar-refractivity contribution >= 4 is 28.3 Å². The molecule has 0 atom stereocenters. The fourth-order valence-electron chi connectivity index (χ4n) is 1.31. The molecule has 1 aromatic carbocycles. The van der Waals surface area contributed by atoms with Crippen LogP contribution in [0.15, 0.2) is 48.1 Å². The monoisotopic (exact) mass is 282 g/mol. The molecule has 0 spiro atoms. The van der Waals surface area contributed by atoms with Crippen molar-refractivity contribution in [2.24, 2.45) is 0 Å². The Hall–Kier alpha value is -0.700. The van der Waals surface area contributed by atoms with Crippen molar-refractivity contribution in [3.8, 4) is 0 Å². The molecule has 0 bridgehead atoms. The summed E-state index contributed by atoms with van der Waals surface area (Å²) in [5.74, 6) is 0. The zero-order valence-corrected chi connectivity index (χ0v) is 9.65. The molecule has 2 rings (SSSR count). The number of benzene rings is 1. The molecular formula is C12H11I. The van der Waals surface area contributed by atoms with Gasteiger partial charge in [-0.25, -0.2) is 0 Å². The smallest absolute Gasteiger partial charge is 0.0179 e. The maximum atomic E-state index is 2.31. The van der Waals surface area contributed by atoms with Crippen molar-refractivity contribution in [2.45, 2.75) is 6.92 Å². The Kier molecular flexibility index (Phi) is 2.74. The van der Waals surface area contributed by atoms with Gasteiger partial charge in [-0.3, -0.25) is 0 Å². The number of halogens is 1. The lowest BCUT2D eigenvalue weighted by Gasteiger charge is -2.07. The van der Waals surface area contributed by atoms with Gasteiger partial charge in [0.2, 0.25) is 0 Å². The quantitative estimate of drug-likeness (QED) is 0.688. The van der Waals surface area contributed by atoms with Gasteiger partial charge in [-0.05, 0) is 22.1 Å². The van der Waals surface area contributed by atoms with Crippen molar-refractivity contribution in [3.05, 3.63) is 53.6 Å². The van der Waals surface area contributed by atoms with Crippen LogP contribution in [0, 0.1) is 0 Å². The number of allylic oxidation sites excluding steroid dienone is 3. The summed E-state index contributed by atoms with van der Waals surface area (Å²) in [6.07, 6.45) is 4.38. The molecule has 1 heteroatoms. The van der Waals surface area contributed by atoms with E-state index < -0.39 is 0 Å². The molecule has 0 radical (unpaired) electrons. The van der Waals surface area contributed by atoms with Crippen molar-refractivity contribution in [1.29, 1.82) is 0 Å². The van der Waals surface area contributed by atoms with Gasteiger partial charge in [0, 0.05) is 3.58 Å². The number of hydrogen-bond acceptors (Lipinski definition) is 0. The lowest BCUT2D eigenvalue weighted by Crippen LogP contribution is -1.83. The summed E-state index contributed by atoms with van der Waals surface area (Å²) in [5, 5.41) is 0. The minimum absolute atomic E-state index is 0.0978. The van der Waals surface area contributed by atoms with Crippen molar-refractivity contribution < 1.29 is 0 Å². The number of hydrogen-bond donors (Lipinski definition) is 0. The summed E-state index contributed by atoms with van der Waals surface area (Å²) in [6.45, 7) is 2.20. The van der Waals surface area contributed by atoms with Crippen LogP contribution in [-0.4, -0.2) is 4.01 Å². The standard InChI is InChI=1S/C12H11I/c1-10-6-5-9-13-12(10)11-7-3-2-4-8-11/h2-9H,1H3. The highest BCUT2D eigenvalue weighted by Gasteiger charge is 2.02. The van der Waals surface area contributed by atoms with Gasteiger partial charge in [0.1, 0.15) is 0 Å². The number of rotatable bonds is 1. The zero-order valence-electron chi connectivity index (χ0n) is 7.50. The summed E-state index contributed by atoms with van der Waals surface area (Å²) < 4.78 is 3.87. The lowest BCUT2D eigenvalue weighted by molar-refractivity contribution is 1.54. The molecule has 1 aliphatic rings. The predicted molar refractivity (Wildman–Crippen MR) is 68.3 cm³/mol. The van der Waals surface area contributed by atoms with Crippen LogP contribution in [0.4, 0.5) is 0 Å². The van der Waals surface area contributed by atoms with Crippen LogP contribution < -0.4 is 0 Å². The topological polar surface area (TPSA) is 0 Å². The molecule has 0 unspecified atom stereocenters. The summed E-state index contributed by atoms with van der Waals surface area (Å²) in [4.78, 5) is 0. The third-order valence-corrected chi connectivity index (χ3v) is 4.84. The van der Waals surface area contributed by atoms with Gasteiger partial charge in [0.25, 0.3) is 0 Å². The molecule has 0 saturated heterocycles. The van der Waals surface area contributed by atoms with E-state index in [0.717, 1.165) is 0 Å². The van der Waals surface area contributed by atoms with Crippen LogP contribution in [-0.2, 0) is 0 Å². The Bertz CT molecular complexity index is 383. The molecule has 1 aliphatic heterocycles. The predicted octanol–water partition coefficient (Wildman–Crippen LogP) is 3.76. The van der Waals surface area contributed by atoms with E-state index in [4.69, 9.17) is 0 Å². The average Bonchev–Trinajstić information content (AvgIpc) is 2.20. The van der Waals surface area contributed by atoms with E-state index >= 15 is 0 Å². The van der Waals surface area contributed by atoms with Crippen LogP contribution in [0.3, 0.4) is 0 Å². The third-order valence-electron chi connectivity index (χ3n) is 1.96. The van der Waals surface area contributed by atoms with Gasteiger partial charge in [-0.1, -0.05) is 63.2 Å². The van der Waals surface area contributed by atoms with Crippen LogP contribution in [0.25, 0.3) is 3.58 Å². The minimum atomic E-state index is 0.0978. The Morgan fingerprint density at radius 2 is 1.85 bits per heavy atom. The van der Waals surface area contributed by atoms with Gasteiger partial charge in [-0.15, -0.1) is 0 Å². The normalized spacial score (nSPS) is 15.8. The Morgan fingerprint density at radius 3 is 2.54 bits per heavy atom. The van der Waals surface area contributed by atoms with E-state index in [-0.39, 0.29) is 20.7 Å². The summed E-state index contributed by atoms with van der Waals surface area (Å²) in [5.41, 5.74) is 2.83. The molecule has 0 nitrogen and oxygen atoms in total. The summed E-state index contributed by atoms with van der Waals surface area (Å²) in [6, 6.07) is 10.7. The first-order valence-corrected chi connectivity index (χ1v) is 6.60. The van der Waals surface area contributed by atoms with E-state index in [9.17, 15) is 0 Å². The third kappa shape index (κ3) is 1.97. The summed E-state index contributed by atoms with van der Waals surface area (Å²) >= 11 is 0.0978. The van der Waals surface area contributed by atoms with E-state index in [1.54, 1.807) is 3.58 Å². The van der Waals surface area contributed by atoms with Crippen LogP contribution >= 0.6 is 20.7 Å². The maximum Gasteiger partial charge on any atom is 0.0179 e. The lowest BCUT2D eigenvalue weighted by atomic mass is 10.1.